The van der Waals surface area contributed by atoms with Crippen molar-refractivity contribution in [1.82, 2.24) is 0 Å². The summed E-state index contributed by atoms with van der Waals surface area (Å²) in [6.07, 6.45) is 4.65. The van der Waals surface area contributed by atoms with E-state index < -0.39 is 11.6 Å². The highest BCUT2D eigenvalue weighted by molar-refractivity contribution is 5.23. The van der Waals surface area contributed by atoms with E-state index in [1.54, 1.807) is 0 Å². The molecule has 0 unspecified atom stereocenters. The van der Waals surface area contributed by atoms with Crippen molar-refractivity contribution in [2.45, 2.75) is 52.4 Å². The molecular formula is C15H22F2. The number of rotatable bonds is 1. The van der Waals surface area contributed by atoms with E-state index in [1.165, 1.54) is 31.4 Å². The summed E-state index contributed by atoms with van der Waals surface area (Å²) in [5.41, 5.74) is 0.826. The maximum Gasteiger partial charge on any atom is 0.126 e. The van der Waals surface area contributed by atoms with E-state index in [-0.39, 0.29) is 0 Å². The van der Waals surface area contributed by atoms with E-state index in [4.69, 9.17) is 0 Å². The van der Waals surface area contributed by atoms with E-state index >= 15 is 0 Å². The molecule has 0 aromatic heterocycles. The van der Waals surface area contributed by atoms with E-state index in [9.17, 15) is 8.78 Å². The van der Waals surface area contributed by atoms with Crippen LogP contribution in [0.5, 0.6) is 0 Å². The van der Waals surface area contributed by atoms with Crippen molar-refractivity contribution in [2.24, 2.45) is 5.92 Å². The van der Waals surface area contributed by atoms with Crippen LogP contribution in [0.25, 0.3) is 0 Å². The molecule has 0 bridgehead atoms. The molecule has 0 amide bonds. The summed E-state index contributed by atoms with van der Waals surface area (Å²) < 4.78 is 25.9. The van der Waals surface area contributed by atoms with Crippen LogP contribution in [0.3, 0.4) is 0 Å². The summed E-state index contributed by atoms with van der Waals surface area (Å²) >= 11 is 0. The minimum atomic E-state index is -0.459. The molecule has 0 N–H and O–H groups in total. The standard InChI is InChI=1S/C12H14F2.C3H8/c1-8-3-2-4-12(8)9-5-10(13)7-11(14)6-9;1-3-2/h5-8,12H,2-4H2,1H3;3H2,1-2H3/t8-,12+;/m1./s1. The van der Waals surface area contributed by atoms with Gasteiger partial charge in [0.1, 0.15) is 11.6 Å². The molecule has 0 nitrogen and oxygen atoms in total. The fourth-order valence-electron chi connectivity index (χ4n) is 2.43. The summed E-state index contributed by atoms with van der Waals surface area (Å²) in [7, 11) is 0. The van der Waals surface area contributed by atoms with Crippen LogP contribution in [-0.2, 0) is 0 Å². The first-order valence-corrected chi connectivity index (χ1v) is 6.54. The predicted molar refractivity (Wildman–Crippen MR) is 68.1 cm³/mol. The summed E-state index contributed by atoms with van der Waals surface area (Å²) in [5, 5.41) is 0. The van der Waals surface area contributed by atoms with Crippen molar-refractivity contribution < 1.29 is 8.78 Å². The quantitative estimate of drug-likeness (QED) is 0.626. The molecule has 0 heterocycles. The zero-order valence-electron chi connectivity index (χ0n) is 11.0. The van der Waals surface area contributed by atoms with E-state index in [2.05, 4.69) is 20.8 Å². The molecule has 0 aliphatic heterocycles. The van der Waals surface area contributed by atoms with Gasteiger partial charge in [-0.2, -0.15) is 0 Å². The summed E-state index contributed by atoms with van der Waals surface area (Å²) in [5.74, 6) is -0.0189. The Hall–Kier alpha value is -0.920. The third-order valence-electron chi connectivity index (χ3n) is 3.17. The lowest BCUT2D eigenvalue weighted by molar-refractivity contribution is 0.519. The lowest BCUT2D eigenvalue weighted by Gasteiger charge is -2.15. The Morgan fingerprint density at radius 2 is 1.59 bits per heavy atom. The molecule has 2 rings (SSSR count). The van der Waals surface area contributed by atoms with Gasteiger partial charge >= 0.3 is 0 Å². The SMILES string of the molecule is CCC.C[C@@H]1CCC[C@@H]1c1cc(F)cc(F)c1. The number of halogens is 2. The smallest absolute Gasteiger partial charge is 0.126 e. The molecule has 1 aromatic rings. The highest BCUT2D eigenvalue weighted by atomic mass is 19.1. The van der Waals surface area contributed by atoms with Gasteiger partial charge in [-0.25, -0.2) is 8.78 Å². The van der Waals surface area contributed by atoms with Gasteiger partial charge in [0.2, 0.25) is 0 Å². The van der Waals surface area contributed by atoms with Crippen LogP contribution in [-0.4, -0.2) is 0 Å². The fourth-order valence-corrected chi connectivity index (χ4v) is 2.43. The molecule has 1 aromatic carbocycles. The first-order valence-electron chi connectivity index (χ1n) is 6.54. The molecule has 0 radical (unpaired) electrons. The monoisotopic (exact) mass is 240 g/mol. The highest BCUT2D eigenvalue weighted by Gasteiger charge is 2.25. The first kappa shape index (κ1) is 14.1. The molecule has 0 saturated heterocycles. The van der Waals surface area contributed by atoms with Gasteiger partial charge in [-0.05, 0) is 36.0 Å². The normalized spacial score (nSPS) is 23.1. The highest BCUT2D eigenvalue weighted by Crippen LogP contribution is 2.39. The van der Waals surface area contributed by atoms with Gasteiger partial charge in [0.05, 0.1) is 0 Å². The molecule has 2 atom stereocenters. The van der Waals surface area contributed by atoms with Crippen molar-refractivity contribution in [3.8, 4) is 0 Å². The molecule has 1 aliphatic rings. The topological polar surface area (TPSA) is 0 Å². The second kappa shape index (κ2) is 6.73. The Balaban J connectivity index is 0.000000437. The van der Waals surface area contributed by atoms with Crippen LogP contribution in [0.15, 0.2) is 18.2 Å². The molecular weight excluding hydrogens is 218 g/mol. The average Bonchev–Trinajstić information content (AvgIpc) is 2.64. The van der Waals surface area contributed by atoms with E-state index in [1.807, 2.05) is 0 Å². The molecule has 17 heavy (non-hydrogen) atoms. The van der Waals surface area contributed by atoms with Crippen LogP contribution >= 0.6 is 0 Å². The number of hydrogen-bond acceptors (Lipinski definition) is 0. The summed E-state index contributed by atoms with van der Waals surface area (Å²) in [6.45, 7) is 6.40. The summed E-state index contributed by atoms with van der Waals surface area (Å²) in [6, 6.07) is 3.87. The molecule has 0 spiro atoms. The zero-order chi connectivity index (χ0) is 12.8. The minimum absolute atomic E-state index is 0.347. The molecule has 2 heteroatoms. The van der Waals surface area contributed by atoms with Crippen molar-refractivity contribution in [3.05, 3.63) is 35.4 Å². The lowest BCUT2D eigenvalue weighted by Crippen LogP contribution is -2.02. The first-order chi connectivity index (χ1) is 8.08. The summed E-state index contributed by atoms with van der Waals surface area (Å²) in [4.78, 5) is 0. The Bertz CT molecular complexity index is 327. The van der Waals surface area contributed by atoms with Gasteiger partial charge < -0.3 is 0 Å². The Morgan fingerprint density at radius 1 is 1.06 bits per heavy atom. The van der Waals surface area contributed by atoms with Crippen LogP contribution in [0, 0.1) is 17.6 Å². The molecule has 96 valence electrons. The Morgan fingerprint density at radius 3 is 2.00 bits per heavy atom. The second-order valence-electron chi connectivity index (χ2n) is 4.92. The van der Waals surface area contributed by atoms with E-state index in [0.717, 1.165) is 18.1 Å². The maximum atomic E-state index is 13.0. The van der Waals surface area contributed by atoms with Gasteiger partial charge in [-0.3, -0.25) is 0 Å². The van der Waals surface area contributed by atoms with Gasteiger partial charge in [-0.1, -0.05) is 40.0 Å². The van der Waals surface area contributed by atoms with E-state index in [0.29, 0.717) is 11.8 Å². The third-order valence-corrected chi connectivity index (χ3v) is 3.17. The van der Waals surface area contributed by atoms with Crippen molar-refractivity contribution in [1.29, 1.82) is 0 Å². The second-order valence-corrected chi connectivity index (χ2v) is 4.92. The van der Waals surface area contributed by atoms with Crippen molar-refractivity contribution in [3.63, 3.8) is 0 Å². The fraction of sp³-hybridized carbons (Fsp3) is 0.600. The lowest BCUT2D eigenvalue weighted by atomic mass is 9.90. The van der Waals surface area contributed by atoms with Gasteiger partial charge in [0.15, 0.2) is 0 Å². The van der Waals surface area contributed by atoms with Crippen LogP contribution in [0.1, 0.15) is 57.9 Å². The van der Waals surface area contributed by atoms with Gasteiger partial charge in [0, 0.05) is 6.07 Å². The molecule has 1 fully saturated rings. The van der Waals surface area contributed by atoms with Crippen molar-refractivity contribution in [2.75, 3.05) is 0 Å². The molecule has 1 aliphatic carbocycles. The minimum Gasteiger partial charge on any atom is -0.207 e. The average molecular weight is 240 g/mol. The van der Waals surface area contributed by atoms with Gasteiger partial charge in [0.25, 0.3) is 0 Å². The third kappa shape index (κ3) is 4.10. The van der Waals surface area contributed by atoms with Crippen LogP contribution < -0.4 is 0 Å². The molecule has 1 saturated carbocycles. The van der Waals surface area contributed by atoms with Crippen LogP contribution in [0.2, 0.25) is 0 Å². The van der Waals surface area contributed by atoms with Gasteiger partial charge in [-0.15, -0.1) is 0 Å². The van der Waals surface area contributed by atoms with Crippen LogP contribution in [0.4, 0.5) is 8.78 Å². The zero-order valence-corrected chi connectivity index (χ0v) is 11.0. The number of benzene rings is 1. The largest absolute Gasteiger partial charge is 0.207 e. The Kier molecular flexibility index (Phi) is 5.60. The predicted octanol–water partition coefficient (Wildman–Crippen LogP) is 5.28. The Labute approximate surface area is 103 Å². The number of hydrogen-bond donors (Lipinski definition) is 0. The van der Waals surface area contributed by atoms with Crippen molar-refractivity contribution >= 4 is 0 Å². The maximum absolute atomic E-state index is 13.0.